The molecular formula is C63H60Cl2O6. The lowest BCUT2D eigenvalue weighted by atomic mass is 9.39. The molecule has 6 aromatic carbocycles. The van der Waals surface area contributed by atoms with Gasteiger partial charge in [0, 0.05) is 5.02 Å². The zero-order chi connectivity index (χ0) is 49.1. The first kappa shape index (κ1) is 45.3. The maximum absolute atomic E-state index is 11.7. The SMILES string of the molecule is CC12CC3CC(C)(C1)CC(c1ccc4c(c1)C(c1ccc(Oc5ccc(C(=O)O)cc5)cc1)(c1ccc(Oc5ccc(C(=O)O)cc5)cc1)c1c-4cc(Cl)c(C45CC6CC(C)(CC(C)(C6)C4)C5)c1Cl)(C3)C2. The van der Waals surface area contributed by atoms with Gasteiger partial charge in [-0.05, 0) is 245 Å². The summed E-state index contributed by atoms with van der Waals surface area (Å²) in [6.45, 7) is 10.1. The first-order chi connectivity index (χ1) is 33.8. The number of hydrogen-bond donors (Lipinski definition) is 2. The summed E-state index contributed by atoms with van der Waals surface area (Å²) in [5, 5.41) is 20.7. The Morgan fingerprint density at radius 1 is 0.465 bits per heavy atom. The second-order valence-corrected chi connectivity index (χ2v) is 26.0. The predicted molar refractivity (Wildman–Crippen MR) is 279 cm³/mol. The maximum Gasteiger partial charge on any atom is 0.335 e. The molecule has 4 unspecified atom stereocenters. The number of carboxylic acids is 2. The topological polar surface area (TPSA) is 93.1 Å². The van der Waals surface area contributed by atoms with Crippen molar-refractivity contribution in [2.45, 2.75) is 121 Å². The minimum atomic E-state index is -0.984. The third kappa shape index (κ3) is 7.00. The zero-order valence-electron chi connectivity index (χ0n) is 41.0. The monoisotopic (exact) mass is 982 g/mol. The molecule has 8 bridgehead atoms. The van der Waals surface area contributed by atoms with Gasteiger partial charge in [0.2, 0.25) is 0 Å². The molecule has 0 aromatic heterocycles. The third-order valence-corrected chi connectivity index (χ3v) is 19.6. The van der Waals surface area contributed by atoms with Crippen LogP contribution < -0.4 is 9.47 Å². The van der Waals surface area contributed by atoms with Crippen molar-refractivity contribution in [2.24, 2.45) is 33.5 Å². The fourth-order valence-corrected chi connectivity index (χ4v) is 19.6. The summed E-state index contributed by atoms with van der Waals surface area (Å²) in [5.41, 5.74) is 9.62. The van der Waals surface area contributed by atoms with Gasteiger partial charge in [0.05, 0.1) is 21.6 Å². The van der Waals surface area contributed by atoms with Crippen LogP contribution in [-0.2, 0) is 16.2 Å². The van der Waals surface area contributed by atoms with E-state index in [1.54, 1.807) is 48.5 Å². The molecule has 0 heterocycles. The van der Waals surface area contributed by atoms with Gasteiger partial charge >= 0.3 is 11.9 Å². The second-order valence-electron chi connectivity index (χ2n) is 25.2. The molecule has 0 radical (unpaired) electrons. The zero-order valence-corrected chi connectivity index (χ0v) is 42.5. The summed E-state index contributed by atoms with van der Waals surface area (Å²) in [6, 6.07) is 39.5. The molecule has 8 heteroatoms. The predicted octanol–water partition coefficient (Wildman–Crippen LogP) is 16.8. The van der Waals surface area contributed by atoms with Gasteiger partial charge in [-0.15, -0.1) is 0 Å². The van der Waals surface area contributed by atoms with E-state index in [9.17, 15) is 19.8 Å². The molecule has 0 spiro atoms. The number of aromatic carboxylic acids is 2. The molecule has 4 atom stereocenters. The minimum absolute atomic E-state index is 0.0664. The quantitative estimate of drug-likeness (QED) is 0.142. The Hall–Kier alpha value is -5.56. The number of rotatable bonds is 10. The summed E-state index contributed by atoms with van der Waals surface area (Å²) in [4.78, 5) is 23.3. The Bertz CT molecular complexity index is 3070. The van der Waals surface area contributed by atoms with E-state index in [2.05, 4.69) is 76.2 Å². The van der Waals surface area contributed by atoms with Crippen molar-refractivity contribution in [3.05, 3.63) is 176 Å². The van der Waals surface area contributed by atoms with Crippen LogP contribution in [0.1, 0.15) is 159 Å². The van der Waals surface area contributed by atoms with E-state index < -0.39 is 17.4 Å². The highest BCUT2D eigenvalue weighted by Gasteiger charge is 2.63. The highest BCUT2D eigenvalue weighted by molar-refractivity contribution is 6.38. The summed E-state index contributed by atoms with van der Waals surface area (Å²) >= 11 is 16.3. The van der Waals surface area contributed by atoms with Gasteiger partial charge in [-0.3, -0.25) is 0 Å². The van der Waals surface area contributed by atoms with Crippen LogP contribution in [0.4, 0.5) is 0 Å². The van der Waals surface area contributed by atoms with Gasteiger partial charge in [-0.2, -0.15) is 0 Å². The average molecular weight is 984 g/mol. The number of carboxylic acid groups (broad SMARTS) is 2. The number of carbonyl (C=O) groups is 2. The molecule has 0 aliphatic heterocycles. The Morgan fingerprint density at radius 2 is 0.859 bits per heavy atom. The van der Waals surface area contributed by atoms with E-state index in [1.807, 2.05) is 24.3 Å². The number of ether oxygens (including phenoxy) is 2. The van der Waals surface area contributed by atoms with Crippen molar-refractivity contribution in [1.82, 2.24) is 0 Å². The van der Waals surface area contributed by atoms with Crippen LogP contribution >= 0.6 is 23.2 Å². The summed E-state index contributed by atoms with van der Waals surface area (Å²) < 4.78 is 12.8. The van der Waals surface area contributed by atoms with E-state index in [0.29, 0.717) is 39.7 Å². The van der Waals surface area contributed by atoms with E-state index in [1.165, 1.54) is 68.9 Å². The van der Waals surface area contributed by atoms with Crippen LogP contribution in [0.25, 0.3) is 11.1 Å². The van der Waals surface area contributed by atoms with E-state index in [4.69, 9.17) is 32.7 Å². The van der Waals surface area contributed by atoms with Crippen LogP contribution in [0.2, 0.25) is 10.0 Å². The lowest BCUT2D eigenvalue weighted by Gasteiger charge is -2.66. The molecule has 8 fully saturated rings. The largest absolute Gasteiger partial charge is 0.478 e. The third-order valence-electron chi connectivity index (χ3n) is 19.0. The standard InChI is InChI=1S/C63H60Cl2O6/c1-57-25-37-26-58(2,31-57)34-61(29-37,33-57)43-13-22-48-49-24-51(64)53(62-30-38-27-59(3,35-62)32-60(4,28-38)36-62)54(65)52(49)63(50(48)23-43,41-9-18-46(19-10-41)70-44-14-5-39(6-15-44)55(66)67)42-11-20-47(21-12-42)71-45-16-7-40(8-17-45)56(68)69/h5-24,37-38H,25-36H2,1-4H3,(H,66,67)(H,68,69). The first-order valence-corrected chi connectivity index (χ1v) is 26.5. The van der Waals surface area contributed by atoms with Gasteiger partial charge in [0.25, 0.3) is 0 Å². The van der Waals surface area contributed by atoms with E-state index in [-0.39, 0.29) is 32.8 Å². The average Bonchev–Trinajstić information content (AvgIpc) is 3.58. The van der Waals surface area contributed by atoms with Gasteiger partial charge in [0.1, 0.15) is 23.0 Å². The van der Waals surface area contributed by atoms with Crippen LogP contribution in [0.5, 0.6) is 23.0 Å². The maximum atomic E-state index is 11.7. The second kappa shape index (κ2) is 15.2. The minimum Gasteiger partial charge on any atom is -0.478 e. The van der Waals surface area contributed by atoms with Crippen LogP contribution in [0.3, 0.4) is 0 Å². The van der Waals surface area contributed by atoms with Crippen molar-refractivity contribution in [3.63, 3.8) is 0 Å². The molecule has 0 saturated heterocycles. The normalized spacial score (nSPS) is 32.1. The fourth-order valence-electron chi connectivity index (χ4n) is 18.6. The Morgan fingerprint density at radius 3 is 1.28 bits per heavy atom. The lowest BCUT2D eigenvalue weighted by Crippen LogP contribution is -2.57. The molecule has 71 heavy (non-hydrogen) atoms. The Kier molecular flexibility index (Phi) is 9.73. The molecule has 8 saturated carbocycles. The fraction of sp³-hybridized carbons (Fsp3) is 0.397. The molecule has 0 amide bonds. The molecule has 6 aromatic rings. The molecular weight excluding hydrogens is 924 g/mol. The van der Waals surface area contributed by atoms with Crippen molar-refractivity contribution < 1.29 is 29.3 Å². The molecule has 362 valence electrons. The number of fused-ring (bicyclic) bond motifs is 3. The van der Waals surface area contributed by atoms with Crippen molar-refractivity contribution >= 4 is 35.1 Å². The number of benzene rings is 6. The Labute approximate surface area is 426 Å². The highest BCUT2D eigenvalue weighted by Crippen LogP contribution is 2.73. The van der Waals surface area contributed by atoms with Crippen molar-refractivity contribution in [2.75, 3.05) is 0 Å². The number of halogens is 2. The first-order valence-electron chi connectivity index (χ1n) is 25.7. The molecule has 9 aliphatic carbocycles. The highest BCUT2D eigenvalue weighted by atomic mass is 35.5. The van der Waals surface area contributed by atoms with Gasteiger partial charge < -0.3 is 19.7 Å². The van der Waals surface area contributed by atoms with E-state index >= 15 is 0 Å². The number of hydrogen-bond acceptors (Lipinski definition) is 4. The molecule has 2 N–H and O–H groups in total. The van der Waals surface area contributed by atoms with Crippen LogP contribution in [0.15, 0.2) is 121 Å². The van der Waals surface area contributed by atoms with Crippen LogP contribution in [-0.4, -0.2) is 22.2 Å². The smallest absolute Gasteiger partial charge is 0.335 e. The van der Waals surface area contributed by atoms with Gasteiger partial charge in [-0.1, -0.05) is 93.4 Å². The lowest BCUT2D eigenvalue weighted by molar-refractivity contribution is -0.110. The van der Waals surface area contributed by atoms with Crippen molar-refractivity contribution in [1.29, 1.82) is 0 Å². The van der Waals surface area contributed by atoms with Gasteiger partial charge in [-0.25, -0.2) is 9.59 Å². The summed E-state index contributed by atoms with van der Waals surface area (Å²) in [6.07, 6.45) is 14.6. The Balaban J connectivity index is 1.03. The van der Waals surface area contributed by atoms with Crippen LogP contribution in [0, 0.1) is 33.5 Å². The summed E-state index contributed by atoms with van der Waals surface area (Å²) in [7, 11) is 0. The molecule has 15 rings (SSSR count). The molecule has 6 nitrogen and oxygen atoms in total. The summed E-state index contributed by atoms with van der Waals surface area (Å²) in [5.74, 6) is 1.74. The van der Waals surface area contributed by atoms with Gasteiger partial charge in [0.15, 0.2) is 0 Å². The van der Waals surface area contributed by atoms with Crippen molar-refractivity contribution in [3.8, 4) is 34.1 Å². The van der Waals surface area contributed by atoms with E-state index in [0.717, 1.165) is 68.6 Å². The molecule has 9 aliphatic rings.